The third-order valence-electron chi connectivity index (χ3n) is 5.22. The molecule has 0 aliphatic carbocycles. The van der Waals surface area contributed by atoms with Gasteiger partial charge in [-0.2, -0.15) is 0 Å². The van der Waals surface area contributed by atoms with Crippen molar-refractivity contribution < 1.29 is 33.3 Å². The molecule has 1 aromatic carbocycles. The topological polar surface area (TPSA) is 97.9 Å². The van der Waals surface area contributed by atoms with Gasteiger partial charge < -0.3 is 33.6 Å². The number of anilines is 2. The summed E-state index contributed by atoms with van der Waals surface area (Å²) < 4.78 is 20.2. The van der Waals surface area contributed by atoms with Gasteiger partial charge in [-0.15, -0.1) is 0 Å². The molecule has 11 heteroatoms. The Morgan fingerprint density at radius 2 is 1.75 bits per heavy atom. The molecule has 0 N–H and O–H groups in total. The van der Waals surface area contributed by atoms with Crippen molar-refractivity contribution in [2.75, 3.05) is 70.1 Å². The summed E-state index contributed by atoms with van der Waals surface area (Å²) in [5.41, 5.74) is 1.48. The number of carbonyl (C=O) groups excluding carboxylic acids is 3. The molecule has 1 amide bonds. The number of piperazine rings is 1. The molecule has 2 aliphatic heterocycles. The van der Waals surface area contributed by atoms with E-state index in [9.17, 15) is 14.4 Å². The number of nitrogens with zero attached hydrogens (tertiary/aromatic N) is 3. The first-order valence-electron chi connectivity index (χ1n) is 10.1. The first-order valence-corrected chi connectivity index (χ1v) is 10.5. The first-order chi connectivity index (χ1) is 15.4. The van der Waals surface area contributed by atoms with Crippen LogP contribution in [0.1, 0.15) is 6.92 Å². The van der Waals surface area contributed by atoms with Crippen molar-refractivity contribution in [3.8, 4) is 0 Å². The zero-order valence-corrected chi connectivity index (χ0v) is 19.0. The Morgan fingerprint density at radius 3 is 2.34 bits per heavy atom. The van der Waals surface area contributed by atoms with E-state index in [1.165, 1.54) is 19.1 Å². The zero-order chi connectivity index (χ0) is 23.3. The fourth-order valence-corrected chi connectivity index (χ4v) is 3.91. The van der Waals surface area contributed by atoms with Crippen LogP contribution in [0.3, 0.4) is 0 Å². The van der Waals surface area contributed by atoms with E-state index in [1.807, 2.05) is 6.07 Å². The van der Waals surface area contributed by atoms with E-state index >= 15 is 0 Å². The van der Waals surface area contributed by atoms with E-state index in [4.69, 9.17) is 30.5 Å². The van der Waals surface area contributed by atoms with Crippen molar-refractivity contribution in [2.45, 2.75) is 6.92 Å². The second-order valence-corrected chi connectivity index (χ2v) is 7.43. The average molecular weight is 468 g/mol. The van der Waals surface area contributed by atoms with Crippen LogP contribution >= 0.6 is 11.6 Å². The summed E-state index contributed by atoms with van der Waals surface area (Å²) in [6.45, 7) is 4.34. The van der Waals surface area contributed by atoms with E-state index < -0.39 is 11.9 Å². The van der Waals surface area contributed by atoms with Gasteiger partial charge in [0.25, 0.3) is 0 Å². The highest BCUT2D eigenvalue weighted by Crippen LogP contribution is 2.34. The van der Waals surface area contributed by atoms with E-state index in [-0.39, 0.29) is 30.7 Å². The maximum absolute atomic E-state index is 12.4. The van der Waals surface area contributed by atoms with Crippen LogP contribution < -0.4 is 9.80 Å². The lowest BCUT2D eigenvalue weighted by molar-refractivity contribution is -0.140. The molecule has 0 spiro atoms. The molecule has 174 valence electrons. The molecule has 0 unspecified atom stereocenters. The normalized spacial score (nSPS) is 16.7. The fourth-order valence-electron chi connectivity index (χ4n) is 3.61. The number of rotatable bonds is 5. The minimum Gasteiger partial charge on any atom is -0.466 e. The van der Waals surface area contributed by atoms with Gasteiger partial charge in [-0.3, -0.25) is 0 Å². The molecule has 10 nitrogen and oxygen atoms in total. The minimum atomic E-state index is -0.677. The third-order valence-corrected chi connectivity index (χ3v) is 5.53. The summed E-state index contributed by atoms with van der Waals surface area (Å²) in [4.78, 5) is 41.8. The van der Waals surface area contributed by atoms with Crippen LogP contribution in [-0.2, 0) is 28.5 Å². The second-order valence-electron chi connectivity index (χ2n) is 7.02. The van der Waals surface area contributed by atoms with Crippen molar-refractivity contribution >= 4 is 41.0 Å². The Morgan fingerprint density at radius 1 is 1.06 bits per heavy atom. The number of methoxy groups -OCH3 is 2. The molecule has 0 saturated carbocycles. The maximum Gasteiger partial charge on any atom is 0.409 e. The van der Waals surface area contributed by atoms with Crippen LogP contribution in [-0.4, -0.2) is 83.3 Å². The molecule has 3 rings (SSSR count). The lowest BCUT2D eigenvalue weighted by Gasteiger charge is -2.36. The smallest absolute Gasteiger partial charge is 0.409 e. The van der Waals surface area contributed by atoms with Crippen molar-refractivity contribution in [3.63, 3.8) is 0 Å². The van der Waals surface area contributed by atoms with Gasteiger partial charge in [0.15, 0.2) is 0 Å². The predicted octanol–water partition coefficient (Wildman–Crippen LogP) is 2.01. The van der Waals surface area contributed by atoms with Crippen molar-refractivity contribution in [1.29, 1.82) is 0 Å². The van der Waals surface area contributed by atoms with Crippen LogP contribution in [0.2, 0.25) is 5.02 Å². The number of ether oxygens (including phenoxy) is 4. The molecule has 2 heterocycles. The van der Waals surface area contributed by atoms with Crippen molar-refractivity contribution in [2.24, 2.45) is 0 Å². The van der Waals surface area contributed by atoms with Gasteiger partial charge in [-0.1, -0.05) is 11.6 Å². The van der Waals surface area contributed by atoms with Gasteiger partial charge in [0.05, 0.1) is 43.7 Å². The molecular weight excluding hydrogens is 442 g/mol. The zero-order valence-electron chi connectivity index (χ0n) is 18.3. The highest BCUT2D eigenvalue weighted by Gasteiger charge is 2.33. The summed E-state index contributed by atoms with van der Waals surface area (Å²) in [7, 11) is 2.47. The average Bonchev–Trinajstić information content (AvgIpc) is 2.82. The number of benzene rings is 1. The van der Waals surface area contributed by atoms with Gasteiger partial charge in [0.1, 0.15) is 12.4 Å². The van der Waals surface area contributed by atoms with Gasteiger partial charge in [0, 0.05) is 31.9 Å². The van der Waals surface area contributed by atoms with Crippen LogP contribution in [0.25, 0.3) is 0 Å². The molecule has 0 aromatic heterocycles. The number of hydrogen-bond donors (Lipinski definition) is 0. The third kappa shape index (κ3) is 4.91. The Kier molecular flexibility index (Phi) is 7.81. The Labute approximate surface area is 191 Å². The molecule has 1 saturated heterocycles. The summed E-state index contributed by atoms with van der Waals surface area (Å²) in [5, 5.41) is 0.460. The SMILES string of the molecule is CCOC(=O)N1CCN(c2ccc(N3COCC(C(=O)OC)=C3C(=O)OC)cc2Cl)CC1. The van der Waals surface area contributed by atoms with Crippen LogP contribution in [0.5, 0.6) is 0 Å². The molecule has 1 aromatic rings. The van der Waals surface area contributed by atoms with E-state index in [2.05, 4.69) is 4.90 Å². The number of esters is 2. The predicted molar refractivity (Wildman–Crippen MR) is 117 cm³/mol. The molecular formula is C21H26ClN3O7. The Bertz CT molecular complexity index is 913. The largest absolute Gasteiger partial charge is 0.466 e. The molecule has 0 bridgehead atoms. The van der Waals surface area contributed by atoms with E-state index in [1.54, 1.807) is 24.0 Å². The quantitative estimate of drug-likeness (QED) is 0.475. The maximum atomic E-state index is 12.4. The number of halogens is 1. The second kappa shape index (κ2) is 10.6. The van der Waals surface area contributed by atoms with Crippen molar-refractivity contribution in [3.05, 3.63) is 34.5 Å². The van der Waals surface area contributed by atoms with Gasteiger partial charge in [0.2, 0.25) is 0 Å². The Balaban J connectivity index is 1.82. The molecule has 2 aliphatic rings. The van der Waals surface area contributed by atoms with E-state index in [0.717, 1.165) is 5.69 Å². The number of hydrogen-bond acceptors (Lipinski definition) is 9. The minimum absolute atomic E-state index is 0.0405. The van der Waals surface area contributed by atoms with Gasteiger partial charge in [-0.05, 0) is 25.1 Å². The Hall–Kier alpha value is -2.98. The molecule has 0 radical (unpaired) electrons. The lowest BCUT2D eigenvalue weighted by atomic mass is 10.1. The highest BCUT2D eigenvalue weighted by molar-refractivity contribution is 6.33. The monoisotopic (exact) mass is 467 g/mol. The fraction of sp³-hybridized carbons (Fsp3) is 0.476. The molecule has 32 heavy (non-hydrogen) atoms. The molecule has 0 atom stereocenters. The first kappa shape index (κ1) is 23.7. The van der Waals surface area contributed by atoms with E-state index in [0.29, 0.717) is 43.5 Å². The van der Waals surface area contributed by atoms with Crippen LogP contribution in [0.15, 0.2) is 29.5 Å². The standard InChI is InChI=1S/C21H26ClN3O7/c1-4-32-21(28)24-9-7-23(8-10-24)17-6-5-14(11-16(17)22)25-13-31-12-15(19(26)29-2)18(25)20(27)30-3/h5-6,11H,4,7-10,12-13H2,1-3H3. The van der Waals surface area contributed by atoms with Crippen LogP contribution in [0, 0.1) is 0 Å². The van der Waals surface area contributed by atoms with Gasteiger partial charge >= 0.3 is 18.0 Å². The molecule has 1 fully saturated rings. The summed E-state index contributed by atoms with van der Waals surface area (Å²) in [6.07, 6.45) is -0.317. The number of carbonyl (C=O) groups is 3. The number of amides is 1. The summed E-state index contributed by atoms with van der Waals surface area (Å²) >= 11 is 6.58. The summed E-state index contributed by atoms with van der Waals surface area (Å²) in [6, 6.07) is 5.31. The lowest BCUT2D eigenvalue weighted by Crippen LogP contribution is -2.49. The van der Waals surface area contributed by atoms with Crippen molar-refractivity contribution in [1.82, 2.24) is 4.90 Å². The van der Waals surface area contributed by atoms with Gasteiger partial charge in [-0.25, -0.2) is 14.4 Å². The highest BCUT2D eigenvalue weighted by atomic mass is 35.5. The van der Waals surface area contributed by atoms with Crippen LogP contribution in [0.4, 0.5) is 16.2 Å². The summed E-state index contributed by atoms with van der Waals surface area (Å²) in [5.74, 6) is -1.35.